The molecular formula is C12H15BrFNO. The Bertz CT molecular complexity index is 381. The van der Waals surface area contributed by atoms with Gasteiger partial charge < -0.3 is 5.32 Å². The molecule has 0 aliphatic heterocycles. The summed E-state index contributed by atoms with van der Waals surface area (Å²) in [6, 6.07) is 4.34. The van der Waals surface area contributed by atoms with Gasteiger partial charge in [-0.2, -0.15) is 0 Å². The maximum atomic E-state index is 13.3. The zero-order chi connectivity index (χ0) is 12.1. The first kappa shape index (κ1) is 13.2. The van der Waals surface area contributed by atoms with Gasteiger partial charge in [0.15, 0.2) is 0 Å². The summed E-state index contributed by atoms with van der Waals surface area (Å²) in [4.78, 5) is 11.7. The molecule has 0 aliphatic carbocycles. The van der Waals surface area contributed by atoms with Crippen LogP contribution in [-0.2, 0) is 0 Å². The van der Waals surface area contributed by atoms with Gasteiger partial charge in [0.2, 0.25) is 0 Å². The molecule has 1 rings (SSSR count). The Balaban J connectivity index is 2.69. The molecular weight excluding hydrogens is 273 g/mol. The molecule has 0 heterocycles. The maximum Gasteiger partial charge on any atom is 0.254 e. The number of benzene rings is 1. The molecule has 2 nitrogen and oxygen atoms in total. The van der Waals surface area contributed by atoms with Crippen molar-refractivity contribution in [3.63, 3.8) is 0 Å². The highest BCUT2D eigenvalue weighted by molar-refractivity contribution is 9.10. The van der Waals surface area contributed by atoms with Gasteiger partial charge >= 0.3 is 0 Å². The third kappa shape index (κ3) is 3.59. The fraction of sp³-hybridized carbons (Fsp3) is 0.417. The molecule has 1 atom stereocenters. The minimum absolute atomic E-state index is 0.0812. The van der Waals surface area contributed by atoms with E-state index in [2.05, 4.69) is 28.2 Å². The van der Waals surface area contributed by atoms with Crippen LogP contribution in [0.15, 0.2) is 22.7 Å². The molecule has 0 bridgehead atoms. The quantitative estimate of drug-likeness (QED) is 0.904. The van der Waals surface area contributed by atoms with Gasteiger partial charge in [-0.1, -0.05) is 36.2 Å². The second-order valence-corrected chi connectivity index (χ2v) is 4.76. The van der Waals surface area contributed by atoms with Crippen molar-refractivity contribution in [1.29, 1.82) is 0 Å². The molecule has 88 valence electrons. The average molecular weight is 288 g/mol. The Labute approximate surface area is 103 Å². The first-order chi connectivity index (χ1) is 7.54. The fourth-order valence-corrected chi connectivity index (χ4v) is 1.54. The second-order valence-electron chi connectivity index (χ2n) is 3.85. The number of carbonyl (C=O) groups is 1. The second kappa shape index (κ2) is 5.99. The molecule has 1 amide bonds. The molecule has 1 N–H and O–H groups in total. The zero-order valence-corrected chi connectivity index (χ0v) is 11.0. The van der Waals surface area contributed by atoms with E-state index in [0.29, 0.717) is 16.9 Å². The van der Waals surface area contributed by atoms with Crippen molar-refractivity contribution >= 4 is 21.8 Å². The first-order valence-electron chi connectivity index (χ1n) is 5.27. The maximum absolute atomic E-state index is 13.3. The highest BCUT2D eigenvalue weighted by atomic mass is 79.9. The van der Waals surface area contributed by atoms with Crippen LogP contribution in [0.2, 0.25) is 0 Å². The van der Waals surface area contributed by atoms with Gasteiger partial charge in [0.05, 0.1) is 5.56 Å². The molecule has 1 unspecified atom stereocenters. The number of hydrogen-bond acceptors (Lipinski definition) is 1. The van der Waals surface area contributed by atoms with Crippen molar-refractivity contribution in [2.45, 2.75) is 20.3 Å². The monoisotopic (exact) mass is 287 g/mol. The van der Waals surface area contributed by atoms with Crippen LogP contribution in [-0.4, -0.2) is 12.5 Å². The molecule has 0 aliphatic rings. The van der Waals surface area contributed by atoms with E-state index in [-0.39, 0.29) is 11.5 Å². The Kier molecular flexibility index (Phi) is 4.93. The SMILES string of the molecule is CCC(C)CNC(=O)c1cc(Br)ccc1F. The Morgan fingerprint density at radius 2 is 2.25 bits per heavy atom. The number of hydrogen-bond donors (Lipinski definition) is 1. The van der Waals surface area contributed by atoms with E-state index in [0.717, 1.165) is 6.42 Å². The average Bonchev–Trinajstić information content (AvgIpc) is 2.28. The topological polar surface area (TPSA) is 29.1 Å². The lowest BCUT2D eigenvalue weighted by atomic mass is 10.1. The highest BCUT2D eigenvalue weighted by Crippen LogP contribution is 2.15. The molecule has 0 fully saturated rings. The minimum atomic E-state index is -0.496. The molecule has 0 spiro atoms. The fourth-order valence-electron chi connectivity index (χ4n) is 1.18. The Hall–Kier alpha value is -0.900. The summed E-state index contributed by atoms with van der Waals surface area (Å²) in [6.07, 6.45) is 0.987. The molecule has 1 aromatic carbocycles. The van der Waals surface area contributed by atoms with E-state index in [1.54, 1.807) is 6.07 Å². The third-order valence-corrected chi connectivity index (χ3v) is 2.97. The van der Waals surface area contributed by atoms with Gasteiger partial charge in [-0.25, -0.2) is 4.39 Å². The van der Waals surface area contributed by atoms with Gasteiger partial charge in [-0.05, 0) is 24.1 Å². The van der Waals surface area contributed by atoms with Crippen LogP contribution in [0.1, 0.15) is 30.6 Å². The van der Waals surface area contributed by atoms with E-state index >= 15 is 0 Å². The summed E-state index contributed by atoms with van der Waals surface area (Å²) < 4.78 is 14.0. The van der Waals surface area contributed by atoms with Crippen LogP contribution in [0.5, 0.6) is 0 Å². The number of amides is 1. The lowest BCUT2D eigenvalue weighted by Gasteiger charge is -2.10. The van der Waals surface area contributed by atoms with E-state index in [9.17, 15) is 9.18 Å². The molecule has 0 radical (unpaired) electrons. The number of nitrogens with one attached hydrogen (secondary N) is 1. The molecule has 1 aromatic rings. The summed E-state index contributed by atoms with van der Waals surface area (Å²) in [5.74, 6) is -0.455. The minimum Gasteiger partial charge on any atom is -0.352 e. The van der Waals surface area contributed by atoms with Gasteiger partial charge in [-0.3, -0.25) is 4.79 Å². The molecule has 16 heavy (non-hydrogen) atoms. The summed E-state index contributed by atoms with van der Waals surface area (Å²) >= 11 is 3.21. The molecule has 0 aromatic heterocycles. The molecule has 0 saturated heterocycles. The van der Waals surface area contributed by atoms with E-state index in [4.69, 9.17) is 0 Å². The van der Waals surface area contributed by atoms with Gasteiger partial charge in [0.25, 0.3) is 5.91 Å². The van der Waals surface area contributed by atoms with Crippen molar-refractivity contribution in [1.82, 2.24) is 5.32 Å². The highest BCUT2D eigenvalue weighted by Gasteiger charge is 2.12. The van der Waals surface area contributed by atoms with Crippen molar-refractivity contribution in [2.75, 3.05) is 6.54 Å². The number of rotatable bonds is 4. The van der Waals surface area contributed by atoms with Crippen LogP contribution >= 0.6 is 15.9 Å². The third-order valence-electron chi connectivity index (χ3n) is 2.48. The first-order valence-corrected chi connectivity index (χ1v) is 6.07. The van der Waals surface area contributed by atoms with Gasteiger partial charge in [0, 0.05) is 11.0 Å². The summed E-state index contributed by atoms with van der Waals surface area (Å²) in [5.41, 5.74) is 0.0812. The Morgan fingerprint density at radius 3 is 2.88 bits per heavy atom. The largest absolute Gasteiger partial charge is 0.352 e. The van der Waals surface area contributed by atoms with E-state index < -0.39 is 5.82 Å². The predicted octanol–water partition coefficient (Wildman–Crippen LogP) is 3.36. The van der Waals surface area contributed by atoms with Crippen LogP contribution in [0.4, 0.5) is 4.39 Å². The lowest BCUT2D eigenvalue weighted by Crippen LogP contribution is -2.28. The lowest BCUT2D eigenvalue weighted by molar-refractivity contribution is 0.0943. The smallest absolute Gasteiger partial charge is 0.254 e. The van der Waals surface area contributed by atoms with Crippen LogP contribution in [0.25, 0.3) is 0 Å². The summed E-state index contributed by atoms with van der Waals surface area (Å²) in [5, 5.41) is 2.72. The predicted molar refractivity (Wildman–Crippen MR) is 65.9 cm³/mol. The van der Waals surface area contributed by atoms with Crippen molar-refractivity contribution in [3.8, 4) is 0 Å². The zero-order valence-electron chi connectivity index (χ0n) is 9.39. The van der Waals surface area contributed by atoms with Crippen molar-refractivity contribution < 1.29 is 9.18 Å². The molecule has 4 heteroatoms. The summed E-state index contributed by atoms with van der Waals surface area (Å²) in [7, 11) is 0. The van der Waals surface area contributed by atoms with Crippen LogP contribution in [0.3, 0.4) is 0 Å². The van der Waals surface area contributed by atoms with Gasteiger partial charge in [0.1, 0.15) is 5.82 Å². The van der Waals surface area contributed by atoms with E-state index in [1.165, 1.54) is 12.1 Å². The van der Waals surface area contributed by atoms with E-state index in [1.807, 2.05) is 6.92 Å². The van der Waals surface area contributed by atoms with Crippen LogP contribution < -0.4 is 5.32 Å². The van der Waals surface area contributed by atoms with Crippen LogP contribution in [0, 0.1) is 11.7 Å². The van der Waals surface area contributed by atoms with Crippen molar-refractivity contribution in [2.24, 2.45) is 5.92 Å². The summed E-state index contributed by atoms with van der Waals surface area (Å²) in [6.45, 7) is 4.66. The Morgan fingerprint density at radius 1 is 1.56 bits per heavy atom. The van der Waals surface area contributed by atoms with Gasteiger partial charge in [-0.15, -0.1) is 0 Å². The molecule has 0 saturated carbocycles. The number of halogens is 2. The standard InChI is InChI=1S/C12H15BrFNO/c1-3-8(2)7-15-12(16)10-6-9(13)4-5-11(10)14/h4-6,8H,3,7H2,1-2H3,(H,15,16). The number of carbonyl (C=O) groups excluding carboxylic acids is 1. The van der Waals surface area contributed by atoms with Crippen molar-refractivity contribution in [3.05, 3.63) is 34.1 Å². The normalized spacial score (nSPS) is 12.2.